The van der Waals surface area contributed by atoms with Crippen LogP contribution in [-0.2, 0) is 23.9 Å². The number of rotatable bonds is 6. The molecule has 1 aliphatic rings. The highest BCUT2D eigenvalue weighted by molar-refractivity contribution is 6.23. The van der Waals surface area contributed by atoms with E-state index < -0.39 is 29.1 Å². The maximum absolute atomic E-state index is 11.9. The third kappa shape index (κ3) is 4.60. The van der Waals surface area contributed by atoms with Gasteiger partial charge in [-0.2, -0.15) is 0 Å². The number of anilines is 1. The van der Waals surface area contributed by atoms with Gasteiger partial charge in [-0.25, -0.2) is 9.59 Å². The molecule has 0 amide bonds. The second kappa shape index (κ2) is 8.31. The summed E-state index contributed by atoms with van der Waals surface area (Å²) in [4.78, 5) is 46.5. The molecule has 2 N–H and O–H groups in total. The molecule has 0 aliphatic carbocycles. The van der Waals surface area contributed by atoms with Gasteiger partial charge in [-0.15, -0.1) is 0 Å². The van der Waals surface area contributed by atoms with Gasteiger partial charge in [-0.1, -0.05) is 6.92 Å². The van der Waals surface area contributed by atoms with Gasteiger partial charge in [0.2, 0.25) is 0 Å². The fourth-order valence-corrected chi connectivity index (χ4v) is 2.42. The maximum Gasteiger partial charge on any atom is 0.353 e. The summed E-state index contributed by atoms with van der Waals surface area (Å²) in [5.41, 5.74) is -0.182. The van der Waals surface area contributed by atoms with E-state index in [9.17, 15) is 24.3 Å². The van der Waals surface area contributed by atoms with Gasteiger partial charge < -0.3 is 19.9 Å². The number of hydrogen-bond acceptors (Lipinski definition) is 8. The molecule has 1 aromatic rings. The Morgan fingerprint density at radius 3 is 2.30 bits per heavy atom. The zero-order chi connectivity index (χ0) is 20.1. The third-order valence-electron chi connectivity index (χ3n) is 3.67. The molecular formula is C19H19NO7. The zero-order valence-corrected chi connectivity index (χ0v) is 15.1. The fourth-order valence-electron chi connectivity index (χ4n) is 2.42. The minimum absolute atomic E-state index is 0.180. The predicted octanol–water partition coefficient (Wildman–Crippen LogP) is 2.56. The van der Waals surface area contributed by atoms with Crippen LogP contribution in [0.4, 0.5) is 5.69 Å². The molecule has 8 heteroatoms. The minimum atomic E-state index is -1.18. The Balaban J connectivity index is 2.25. The molecule has 0 fully saturated rings. The molecule has 27 heavy (non-hydrogen) atoms. The van der Waals surface area contributed by atoms with Crippen molar-refractivity contribution in [1.29, 1.82) is 0 Å². The molecular weight excluding hydrogens is 354 g/mol. The van der Waals surface area contributed by atoms with Gasteiger partial charge in [0.15, 0.2) is 5.78 Å². The number of Topliss-reactive ketones (excluding diaryl/α,β-unsaturated/α-hetero) is 1. The number of hydrogen-bond donors (Lipinski definition) is 2. The first-order chi connectivity index (χ1) is 12.7. The largest absolute Gasteiger partial charge is 0.506 e. The Hall–Kier alpha value is -3.42. The van der Waals surface area contributed by atoms with Crippen molar-refractivity contribution < 1.29 is 33.8 Å². The molecule has 1 heterocycles. The van der Waals surface area contributed by atoms with Gasteiger partial charge in [-0.05, 0) is 44.5 Å². The number of aliphatic hydroxyl groups excluding tert-OH is 1. The minimum Gasteiger partial charge on any atom is -0.506 e. The Labute approximate surface area is 155 Å². The molecule has 2 rings (SSSR count). The Morgan fingerprint density at radius 1 is 1.11 bits per heavy atom. The Kier molecular flexibility index (Phi) is 6.12. The normalized spacial score (nSPS) is 16.0. The number of ether oxygens (including phenoxy) is 2. The number of carbonyl (C=O) groups is 4. The van der Waals surface area contributed by atoms with Gasteiger partial charge >= 0.3 is 17.9 Å². The van der Waals surface area contributed by atoms with E-state index in [0.717, 1.165) is 6.92 Å². The Bertz CT molecular complexity index is 863. The smallest absolute Gasteiger partial charge is 0.353 e. The van der Waals surface area contributed by atoms with Gasteiger partial charge in [-0.3, -0.25) is 9.59 Å². The summed E-state index contributed by atoms with van der Waals surface area (Å²) in [6, 6.07) is 6.33. The summed E-state index contributed by atoms with van der Waals surface area (Å²) in [6.07, 6.45) is 0.999. The van der Waals surface area contributed by atoms with Crippen molar-refractivity contribution in [2.75, 3.05) is 5.32 Å². The Morgan fingerprint density at radius 2 is 1.74 bits per heavy atom. The van der Waals surface area contributed by atoms with Crippen molar-refractivity contribution in [3.8, 4) is 5.75 Å². The summed E-state index contributed by atoms with van der Waals surface area (Å²) >= 11 is 0. The standard InChI is InChI=1S/C19H19NO7/c1-4-5-14(22)26-13-8-6-12(7-9-13)20-10(2)15-17(23)16(11(3)21)19(25)27-18(15)24/h6-9,20,23H,4-5H2,1-3H3. The monoisotopic (exact) mass is 373 g/mol. The lowest BCUT2D eigenvalue weighted by atomic mass is 10.0. The third-order valence-corrected chi connectivity index (χ3v) is 3.67. The predicted molar refractivity (Wildman–Crippen MR) is 94.7 cm³/mol. The molecule has 8 nitrogen and oxygen atoms in total. The lowest BCUT2D eigenvalue weighted by Gasteiger charge is -2.18. The second-order valence-electron chi connectivity index (χ2n) is 5.83. The van der Waals surface area contributed by atoms with Gasteiger partial charge in [0.05, 0.1) is 0 Å². The number of benzene rings is 1. The highest BCUT2D eigenvalue weighted by Gasteiger charge is 2.36. The molecule has 0 atom stereocenters. The quantitative estimate of drug-likeness (QED) is 0.257. The van der Waals surface area contributed by atoms with E-state index in [2.05, 4.69) is 10.1 Å². The number of esters is 3. The van der Waals surface area contributed by atoms with Gasteiger partial charge in [0.25, 0.3) is 0 Å². The van der Waals surface area contributed by atoms with Crippen molar-refractivity contribution >= 4 is 29.4 Å². The molecule has 0 unspecified atom stereocenters. The molecule has 0 spiro atoms. The summed E-state index contributed by atoms with van der Waals surface area (Å²) in [6.45, 7) is 4.44. The first-order valence-electron chi connectivity index (χ1n) is 8.24. The highest BCUT2D eigenvalue weighted by Crippen LogP contribution is 2.26. The lowest BCUT2D eigenvalue weighted by Crippen LogP contribution is -2.29. The number of cyclic esters (lactones) is 2. The van der Waals surface area contributed by atoms with Crippen molar-refractivity contribution in [2.24, 2.45) is 0 Å². The summed E-state index contributed by atoms with van der Waals surface area (Å²) in [5.74, 6) is -3.64. The average molecular weight is 373 g/mol. The molecule has 142 valence electrons. The highest BCUT2D eigenvalue weighted by atomic mass is 16.6. The summed E-state index contributed by atoms with van der Waals surface area (Å²) in [7, 11) is 0. The van der Waals surface area contributed by atoms with Gasteiger partial charge in [0, 0.05) is 17.8 Å². The molecule has 1 aliphatic heterocycles. The van der Waals surface area contributed by atoms with Gasteiger partial charge in [0.1, 0.15) is 22.7 Å². The van der Waals surface area contributed by atoms with E-state index in [1.54, 1.807) is 24.3 Å². The van der Waals surface area contributed by atoms with E-state index in [4.69, 9.17) is 4.74 Å². The number of ketones is 1. The van der Waals surface area contributed by atoms with Crippen molar-refractivity contribution in [3.05, 3.63) is 46.9 Å². The number of aliphatic hydroxyl groups is 1. The number of carbonyl (C=O) groups excluding carboxylic acids is 4. The van der Waals surface area contributed by atoms with Crippen LogP contribution in [0.1, 0.15) is 33.6 Å². The van der Waals surface area contributed by atoms with E-state index in [1.165, 1.54) is 6.92 Å². The van der Waals surface area contributed by atoms with Crippen LogP contribution in [0.3, 0.4) is 0 Å². The van der Waals surface area contributed by atoms with Crippen molar-refractivity contribution in [1.82, 2.24) is 0 Å². The topological polar surface area (TPSA) is 119 Å². The molecule has 0 bridgehead atoms. The van der Waals surface area contributed by atoms with Crippen molar-refractivity contribution in [3.63, 3.8) is 0 Å². The van der Waals surface area contributed by atoms with Crippen LogP contribution in [0.5, 0.6) is 5.75 Å². The van der Waals surface area contributed by atoms with Crippen LogP contribution in [0, 0.1) is 0 Å². The molecule has 0 aromatic heterocycles. The lowest BCUT2D eigenvalue weighted by molar-refractivity contribution is -0.155. The van der Waals surface area contributed by atoms with Crippen LogP contribution in [0.25, 0.3) is 0 Å². The first kappa shape index (κ1) is 19.9. The van der Waals surface area contributed by atoms with Crippen molar-refractivity contribution in [2.45, 2.75) is 33.6 Å². The van der Waals surface area contributed by atoms with Crippen LogP contribution < -0.4 is 10.1 Å². The molecule has 0 radical (unpaired) electrons. The first-order valence-corrected chi connectivity index (χ1v) is 8.24. The maximum atomic E-state index is 11.9. The SMILES string of the molecule is CCCC(=O)Oc1ccc(NC(C)=C2C(=O)OC(=O)C(C(C)=O)=C2O)cc1. The molecule has 0 saturated heterocycles. The van der Waals surface area contributed by atoms with E-state index in [-0.39, 0.29) is 17.2 Å². The fraction of sp³-hybridized carbons (Fsp3) is 0.263. The average Bonchev–Trinajstić information content (AvgIpc) is 2.55. The summed E-state index contributed by atoms with van der Waals surface area (Å²) < 4.78 is 9.66. The molecule has 0 saturated carbocycles. The van der Waals surface area contributed by atoms with Crippen LogP contribution in [-0.4, -0.2) is 28.8 Å². The van der Waals surface area contributed by atoms with E-state index >= 15 is 0 Å². The van der Waals surface area contributed by atoms with E-state index in [1.807, 2.05) is 6.92 Å². The zero-order valence-electron chi connectivity index (χ0n) is 15.1. The van der Waals surface area contributed by atoms with E-state index in [0.29, 0.717) is 24.3 Å². The number of nitrogens with one attached hydrogen (secondary N) is 1. The van der Waals surface area contributed by atoms with Crippen LogP contribution in [0.2, 0.25) is 0 Å². The summed E-state index contributed by atoms with van der Waals surface area (Å²) in [5, 5.41) is 13.0. The molecule has 1 aromatic carbocycles. The van der Waals surface area contributed by atoms with Crippen LogP contribution >= 0.6 is 0 Å². The van der Waals surface area contributed by atoms with Crippen LogP contribution in [0.15, 0.2) is 46.9 Å². The second-order valence-corrected chi connectivity index (χ2v) is 5.83. The number of allylic oxidation sites excluding steroid dienone is 1.